The molecule has 0 radical (unpaired) electrons. The molecule has 2 atom stereocenters. The number of nitrogens with two attached hydrogens (primary N) is 1. The number of amides is 1. The van der Waals surface area contributed by atoms with Crippen molar-refractivity contribution in [1.82, 2.24) is 0 Å². The van der Waals surface area contributed by atoms with E-state index in [4.69, 9.17) is 11.0 Å². The number of carbonyl (C=O) groups is 1. The Labute approximate surface area is 102 Å². The highest BCUT2D eigenvalue weighted by atomic mass is 16.2. The Hall–Kier alpha value is -1.86. The van der Waals surface area contributed by atoms with Gasteiger partial charge in [0.05, 0.1) is 17.6 Å². The van der Waals surface area contributed by atoms with Gasteiger partial charge in [-0.25, -0.2) is 0 Å². The number of rotatable bonds is 3. The van der Waals surface area contributed by atoms with Gasteiger partial charge in [0.1, 0.15) is 0 Å². The van der Waals surface area contributed by atoms with E-state index in [9.17, 15) is 4.79 Å². The summed E-state index contributed by atoms with van der Waals surface area (Å²) in [4.78, 5) is 13.6. The molecule has 2 unspecified atom stereocenters. The maximum Gasteiger partial charge on any atom is 0.231 e. The summed E-state index contributed by atoms with van der Waals surface area (Å²) in [5.41, 5.74) is 6.96. The highest BCUT2D eigenvalue weighted by molar-refractivity contribution is 5.94. The van der Waals surface area contributed by atoms with Crippen LogP contribution in [-0.4, -0.2) is 19.0 Å². The number of nitriles is 1. The third kappa shape index (κ3) is 3.05. The zero-order valence-corrected chi connectivity index (χ0v) is 10.3. The first-order valence-corrected chi connectivity index (χ1v) is 5.50. The number of carbonyl (C=O) groups excluding carboxylic acids is 1. The smallest absolute Gasteiger partial charge is 0.231 e. The van der Waals surface area contributed by atoms with Crippen LogP contribution in [0, 0.1) is 17.2 Å². The van der Waals surface area contributed by atoms with Gasteiger partial charge in [0.2, 0.25) is 5.91 Å². The molecule has 90 valence electrons. The lowest BCUT2D eigenvalue weighted by molar-refractivity contribution is -0.122. The highest BCUT2D eigenvalue weighted by Gasteiger charge is 2.21. The van der Waals surface area contributed by atoms with Gasteiger partial charge in [0.15, 0.2) is 0 Å². The van der Waals surface area contributed by atoms with E-state index in [1.54, 1.807) is 38.2 Å². The quantitative estimate of drug-likeness (QED) is 0.857. The van der Waals surface area contributed by atoms with Crippen molar-refractivity contribution >= 4 is 11.6 Å². The summed E-state index contributed by atoms with van der Waals surface area (Å²) in [7, 11) is 1.69. The molecule has 0 aromatic heterocycles. The van der Waals surface area contributed by atoms with Crippen molar-refractivity contribution in [3.63, 3.8) is 0 Å². The van der Waals surface area contributed by atoms with E-state index in [2.05, 4.69) is 6.07 Å². The van der Waals surface area contributed by atoms with Crippen molar-refractivity contribution in [3.05, 3.63) is 29.8 Å². The van der Waals surface area contributed by atoms with Gasteiger partial charge in [-0.2, -0.15) is 5.26 Å². The molecule has 0 aliphatic heterocycles. The molecule has 0 bridgehead atoms. The molecule has 17 heavy (non-hydrogen) atoms. The zero-order valence-electron chi connectivity index (χ0n) is 10.3. The fraction of sp³-hybridized carbons (Fsp3) is 0.385. The van der Waals surface area contributed by atoms with Crippen molar-refractivity contribution < 1.29 is 4.79 Å². The molecule has 0 aliphatic rings. The van der Waals surface area contributed by atoms with Crippen LogP contribution < -0.4 is 10.6 Å². The van der Waals surface area contributed by atoms with Crippen molar-refractivity contribution in [2.24, 2.45) is 11.7 Å². The molecule has 0 fully saturated rings. The van der Waals surface area contributed by atoms with Crippen molar-refractivity contribution in [2.75, 3.05) is 11.9 Å². The second-order valence-corrected chi connectivity index (χ2v) is 4.21. The summed E-state index contributed by atoms with van der Waals surface area (Å²) >= 11 is 0. The van der Waals surface area contributed by atoms with Crippen molar-refractivity contribution in [1.29, 1.82) is 5.26 Å². The standard InChI is InChI=1S/C13H17N3O/c1-9(10(2)15)13(17)16(3)12-6-4-5-11(7-12)8-14/h4-7,9-10H,15H2,1-3H3. The second kappa shape index (κ2) is 5.46. The van der Waals surface area contributed by atoms with Crippen LogP contribution in [0.1, 0.15) is 19.4 Å². The molecule has 2 N–H and O–H groups in total. The average molecular weight is 231 g/mol. The van der Waals surface area contributed by atoms with E-state index in [-0.39, 0.29) is 17.9 Å². The summed E-state index contributed by atoms with van der Waals surface area (Å²) in [6, 6.07) is 8.81. The Balaban J connectivity index is 2.93. The van der Waals surface area contributed by atoms with Crippen LogP contribution >= 0.6 is 0 Å². The molecule has 1 rings (SSSR count). The number of benzene rings is 1. The van der Waals surface area contributed by atoms with E-state index >= 15 is 0 Å². The van der Waals surface area contributed by atoms with Crippen LogP contribution in [0.5, 0.6) is 0 Å². The molecule has 0 saturated heterocycles. The lowest BCUT2D eigenvalue weighted by Crippen LogP contribution is -2.39. The van der Waals surface area contributed by atoms with Gasteiger partial charge in [-0.15, -0.1) is 0 Å². The van der Waals surface area contributed by atoms with E-state index in [1.165, 1.54) is 4.90 Å². The molecule has 0 aliphatic carbocycles. The first-order valence-electron chi connectivity index (χ1n) is 5.50. The van der Waals surface area contributed by atoms with Gasteiger partial charge in [-0.05, 0) is 25.1 Å². The van der Waals surface area contributed by atoms with Crippen LogP contribution in [0.4, 0.5) is 5.69 Å². The zero-order chi connectivity index (χ0) is 13.0. The van der Waals surface area contributed by atoms with Crippen molar-refractivity contribution in [3.8, 4) is 6.07 Å². The average Bonchev–Trinajstić information content (AvgIpc) is 2.36. The summed E-state index contributed by atoms with van der Waals surface area (Å²) in [5, 5.41) is 8.81. The maximum atomic E-state index is 12.0. The number of nitrogens with zero attached hydrogens (tertiary/aromatic N) is 2. The van der Waals surface area contributed by atoms with E-state index in [1.807, 2.05) is 6.92 Å². The molecular weight excluding hydrogens is 214 g/mol. The number of hydrogen-bond acceptors (Lipinski definition) is 3. The molecule has 1 amide bonds. The highest BCUT2D eigenvalue weighted by Crippen LogP contribution is 2.17. The Bertz CT molecular complexity index is 448. The predicted octanol–water partition coefficient (Wildman–Crippen LogP) is 1.50. The Kier molecular flexibility index (Phi) is 4.24. The maximum absolute atomic E-state index is 12.0. The summed E-state index contributed by atoms with van der Waals surface area (Å²) in [5.74, 6) is -0.291. The number of anilines is 1. The first-order chi connectivity index (χ1) is 7.97. The van der Waals surface area contributed by atoms with Crippen LogP contribution in [-0.2, 0) is 4.79 Å². The molecule has 0 heterocycles. The van der Waals surface area contributed by atoms with Gasteiger partial charge in [-0.1, -0.05) is 13.0 Å². The third-order valence-electron chi connectivity index (χ3n) is 2.87. The minimum atomic E-state index is -0.245. The molecule has 4 heteroatoms. The van der Waals surface area contributed by atoms with Crippen LogP contribution in [0.3, 0.4) is 0 Å². The van der Waals surface area contributed by atoms with Crippen LogP contribution in [0.15, 0.2) is 24.3 Å². The first kappa shape index (κ1) is 13.2. The molecular formula is C13H17N3O. The van der Waals surface area contributed by atoms with Gasteiger partial charge < -0.3 is 10.6 Å². The van der Waals surface area contributed by atoms with Crippen LogP contribution in [0.25, 0.3) is 0 Å². The van der Waals surface area contributed by atoms with E-state index in [0.717, 1.165) is 0 Å². The Morgan fingerprint density at radius 2 is 2.12 bits per heavy atom. The van der Waals surface area contributed by atoms with Gasteiger partial charge in [-0.3, -0.25) is 4.79 Å². The lowest BCUT2D eigenvalue weighted by Gasteiger charge is -2.23. The van der Waals surface area contributed by atoms with Gasteiger partial charge >= 0.3 is 0 Å². The summed E-state index contributed by atoms with van der Waals surface area (Å²) < 4.78 is 0. The van der Waals surface area contributed by atoms with Gasteiger partial charge in [0, 0.05) is 18.8 Å². The predicted molar refractivity (Wildman–Crippen MR) is 67.4 cm³/mol. The molecule has 4 nitrogen and oxygen atoms in total. The second-order valence-electron chi connectivity index (χ2n) is 4.21. The summed E-state index contributed by atoms with van der Waals surface area (Å²) in [6.45, 7) is 3.61. The van der Waals surface area contributed by atoms with E-state index in [0.29, 0.717) is 11.3 Å². The lowest BCUT2D eigenvalue weighted by atomic mass is 10.0. The minimum absolute atomic E-state index is 0.0462. The third-order valence-corrected chi connectivity index (χ3v) is 2.87. The Morgan fingerprint density at radius 3 is 2.65 bits per heavy atom. The molecule has 1 aromatic carbocycles. The Morgan fingerprint density at radius 1 is 1.47 bits per heavy atom. The molecule has 1 aromatic rings. The topological polar surface area (TPSA) is 70.1 Å². The van der Waals surface area contributed by atoms with E-state index < -0.39 is 0 Å². The summed E-state index contributed by atoms with van der Waals surface area (Å²) in [6.07, 6.45) is 0. The fourth-order valence-electron chi connectivity index (χ4n) is 1.44. The SMILES string of the molecule is CC(N)C(C)C(=O)N(C)c1cccc(C#N)c1. The monoisotopic (exact) mass is 231 g/mol. The van der Waals surface area contributed by atoms with Crippen LogP contribution in [0.2, 0.25) is 0 Å². The normalized spacial score (nSPS) is 13.6. The molecule has 0 spiro atoms. The van der Waals surface area contributed by atoms with Gasteiger partial charge in [0.25, 0.3) is 0 Å². The van der Waals surface area contributed by atoms with Crippen molar-refractivity contribution in [2.45, 2.75) is 19.9 Å². The fourth-order valence-corrected chi connectivity index (χ4v) is 1.44. The molecule has 0 saturated carbocycles. The largest absolute Gasteiger partial charge is 0.327 e. The number of hydrogen-bond donors (Lipinski definition) is 1. The minimum Gasteiger partial charge on any atom is -0.327 e.